The minimum absolute atomic E-state index is 0.0109. The molecule has 2 aromatic heterocycles. The van der Waals surface area contributed by atoms with Crippen molar-refractivity contribution in [2.45, 2.75) is 57.0 Å². The monoisotopic (exact) mass is 370 g/mol. The number of fused-ring (bicyclic) bond motifs is 2. The quantitative estimate of drug-likeness (QED) is 0.481. The van der Waals surface area contributed by atoms with Gasteiger partial charge in [-0.3, -0.25) is 0 Å². The number of hydrogen-bond donors (Lipinski definition) is 0. The maximum Gasteiger partial charge on any atom is 0.336 e. The topological polar surface area (TPSA) is 77.6 Å². The fourth-order valence-electron chi connectivity index (χ4n) is 3.80. The van der Waals surface area contributed by atoms with Crippen LogP contribution in [0.5, 0.6) is 5.75 Å². The highest BCUT2D eigenvalue weighted by Gasteiger charge is 2.55. The van der Waals surface area contributed by atoms with Gasteiger partial charge in [0.25, 0.3) is 0 Å². The molecule has 1 aromatic carbocycles. The first-order valence-corrected chi connectivity index (χ1v) is 9.28. The molecule has 3 unspecified atom stereocenters. The molecule has 2 saturated heterocycles. The van der Waals surface area contributed by atoms with Crippen molar-refractivity contribution < 1.29 is 23.0 Å². The summed E-state index contributed by atoms with van der Waals surface area (Å²) in [5.41, 5.74) is 0.515. The third kappa shape index (κ3) is 2.93. The number of furan rings is 1. The Morgan fingerprint density at radius 2 is 1.81 bits per heavy atom. The van der Waals surface area contributed by atoms with Gasteiger partial charge in [0.15, 0.2) is 0 Å². The van der Waals surface area contributed by atoms with Gasteiger partial charge in [0, 0.05) is 12.1 Å². The third-order valence-electron chi connectivity index (χ3n) is 5.79. The molecule has 27 heavy (non-hydrogen) atoms. The molecule has 2 fully saturated rings. The number of ether oxygens (including phenoxy) is 3. The molecule has 0 N–H and O–H groups in total. The molecule has 3 atom stereocenters. The summed E-state index contributed by atoms with van der Waals surface area (Å²) in [6.07, 6.45) is 3.90. The van der Waals surface area contributed by atoms with Crippen LogP contribution in [0.2, 0.25) is 0 Å². The average molecular weight is 370 g/mol. The summed E-state index contributed by atoms with van der Waals surface area (Å²) in [5.74, 6) is 0.657. The molecular formula is C21H22O6. The molecular weight excluding hydrogens is 348 g/mol. The SMILES string of the molecule is CC1(C)OC1CCC1(C)OC1COc1c2ccoc2cc2oc(=O)ccc12. The van der Waals surface area contributed by atoms with E-state index in [0.717, 1.165) is 23.6 Å². The molecule has 4 heterocycles. The normalized spacial score (nSPS) is 28.6. The van der Waals surface area contributed by atoms with Gasteiger partial charge in [-0.15, -0.1) is 0 Å². The van der Waals surface area contributed by atoms with Crippen LogP contribution >= 0.6 is 0 Å². The molecule has 0 saturated carbocycles. The second-order valence-electron chi connectivity index (χ2n) is 8.18. The highest BCUT2D eigenvalue weighted by Crippen LogP contribution is 2.46. The maximum absolute atomic E-state index is 11.5. The van der Waals surface area contributed by atoms with Gasteiger partial charge >= 0.3 is 5.63 Å². The number of epoxide rings is 2. The predicted octanol–water partition coefficient (Wildman–Crippen LogP) is 4.03. The molecule has 2 aliphatic heterocycles. The molecule has 0 spiro atoms. The lowest BCUT2D eigenvalue weighted by Crippen LogP contribution is -2.17. The van der Waals surface area contributed by atoms with Crippen molar-refractivity contribution in [1.29, 1.82) is 0 Å². The summed E-state index contributed by atoms with van der Waals surface area (Å²) >= 11 is 0. The Balaban J connectivity index is 1.33. The first kappa shape index (κ1) is 16.8. The standard InChI is InChI=1S/C21H22O6/c1-20(2)16(26-20)6-8-21(3)17(27-21)11-24-19-12-4-5-18(22)25-15(12)10-14-13(19)7-9-23-14/h4-5,7,9-10,16-17H,6,8,11H2,1-3H3. The van der Waals surface area contributed by atoms with Crippen LogP contribution in [-0.2, 0) is 9.47 Å². The van der Waals surface area contributed by atoms with Crippen LogP contribution < -0.4 is 10.4 Å². The summed E-state index contributed by atoms with van der Waals surface area (Å²) in [4.78, 5) is 11.5. The van der Waals surface area contributed by atoms with Gasteiger partial charge in [-0.05, 0) is 45.7 Å². The smallest absolute Gasteiger partial charge is 0.336 e. The fraction of sp³-hybridized carbons (Fsp3) is 0.476. The highest BCUT2D eigenvalue weighted by molar-refractivity contribution is 6.01. The molecule has 142 valence electrons. The van der Waals surface area contributed by atoms with Crippen LogP contribution in [0, 0.1) is 0 Å². The number of benzene rings is 1. The van der Waals surface area contributed by atoms with Crippen molar-refractivity contribution in [3.8, 4) is 5.75 Å². The maximum atomic E-state index is 11.5. The van der Waals surface area contributed by atoms with Crippen molar-refractivity contribution in [1.82, 2.24) is 0 Å². The van der Waals surface area contributed by atoms with E-state index in [2.05, 4.69) is 20.8 Å². The van der Waals surface area contributed by atoms with Crippen LogP contribution in [0.15, 0.2) is 44.2 Å². The Kier molecular flexibility index (Phi) is 3.49. The van der Waals surface area contributed by atoms with Crippen molar-refractivity contribution in [2.75, 3.05) is 6.61 Å². The first-order valence-electron chi connectivity index (χ1n) is 9.28. The van der Waals surface area contributed by atoms with E-state index in [-0.39, 0.29) is 17.3 Å². The lowest BCUT2D eigenvalue weighted by molar-refractivity contribution is 0.248. The molecule has 0 aliphatic carbocycles. The van der Waals surface area contributed by atoms with Crippen molar-refractivity contribution >= 4 is 21.9 Å². The van der Waals surface area contributed by atoms with Crippen LogP contribution in [-0.4, -0.2) is 30.0 Å². The van der Waals surface area contributed by atoms with Crippen LogP contribution in [0.3, 0.4) is 0 Å². The molecule has 0 bridgehead atoms. The minimum atomic E-state index is -0.400. The van der Waals surface area contributed by atoms with Crippen LogP contribution in [0.1, 0.15) is 33.6 Å². The summed E-state index contributed by atoms with van der Waals surface area (Å²) in [7, 11) is 0. The Labute approximate surface area is 156 Å². The largest absolute Gasteiger partial charge is 0.489 e. The summed E-state index contributed by atoms with van der Waals surface area (Å²) in [6.45, 7) is 6.78. The van der Waals surface area contributed by atoms with E-state index < -0.39 is 5.63 Å². The Hall–Kier alpha value is -2.31. The molecule has 0 amide bonds. The fourth-order valence-corrected chi connectivity index (χ4v) is 3.80. The van der Waals surface area contributed by atoms with Crippen LogP contribution in [0.4, 0.5) is 0 Å². The van der Waals surface area contributed by atoms with Gasteiger partial charge in [0.1, 0.15) is 29.6 Å². The van der Waals surface area contributed by atoms with Gasteiger partial charge in [-0.1, -0.05) is 0 Å². The van der Waals surface area contributed by atoms with E-state index in [9.17, 15) is 4.79 Å². The van der Waals surface area contributed by atoms with Gasteiger partial charge in [0.2, 0.25) is 0 Å². The molecule has 0 radical (unpaired) electrons. The minimum Gasteiger partial charge on any atom is -0.489 e. The Morgan fingerprint density at radius 3 is 2.59 bits per heavy atom. The average Bonchev–Trinajstić information content (AvgIpc) is 3.35. The predicted molar refractivity (Wildman–Crippen MR) is 99.2 cm³/mol. The summed E-state index contributed by atoms with van der Waals surface area (Å²) < 4.78 is 28.5. The lowest BCUT2D eigenvalue weighted by Gasteiger charge is -2.10. The third-order valence-corrected chi connectivity index (χ3v) is 5.79. The van der Waals surface area contributed by atoms with E-state index >= 15 is 0 Å². The molecule has 6 nitrogen and oxygen atoms in total. The van der Waals surface area contributed by atoms with Gasteiger partial charge < -0.3 is 23.0 Å². The van der Waals surface area contributed by atoms with E-state index in [1.54, 1.807) is 18.4 Å². The van der Waals surface area contributed by atoms with Crippen LogP contribution in [0.25, 0.3) is 21.9 Å². The number of hydrogen-bond acceptors (Lipinski definition) is 6. The zero-order valence-electron chi connectivity index (χ0n) is 15.6. The molecule has 5 rings (SSSR count). The van der Waals surface area contributed by atoms with E-state index in [1.807, 2.05) is 6.07 Å². The van der Waals surface area contributed by atoms with E-state index in [1.165, 1.54) is 6.07 Å². The Bertz CT molecular complexity index is 1080. The second kappa shape index (κ2) is 5.59. The van der Waals surface area contributed by atoms with Gasteiger partial charge in [0.05, 0.1) is 34.3 Å². The summed E-state index contributed by atoms with van der Waals surface area (Å²) in [5, 5.41) is 1.60. The molecule has 3 aromatic rings. The second-order valence-corrected chi connectivity index (χ2v) is 8.18. The van der Waals surface area contributed by atoms with E-state index in [0.29, 0.717) is 29.6 Å². The first-order chi connectivity index (χ1) is 12.9. The van der Waals surface area contributed by atoms with Crippen molar-refractivity contribution in [2.24, 2.45) is 0 Å². The Morgan fingerprint density at radius 1 is 1.04 bits per heavy atom. The summed E-state index contributed by atoms with van der Waals surface area (Å²) in [6, 6.07) is 6.70. The highest BCUT2D eigenvalue weighted by atomic mass is 16.6. The zero-order chi connectivity index (χ0) is 18.8. The lowest BCUT2D eigenvalue weighted by atomic mass is 9.97. The van der Waals surface area contributed by atoms with Gasteiger partial charge in [-0.25, -0.2) is 4.79 Å². The van der Waals surface area contributed by atoms with Gasteiger partial charge in [-0.2, -0.15) is 0 Å². The molecule has 2 aliphatic rings. The zero-order valence-corrected chi connectivity index (χ0v) is 15.6. The molecule has 6 heteroatoms. The van der Waals surface area contributed by atoms with Crippen molar-refractivity contribution in [3.63, 3.8) is 0 Å². The number of rotatable bonds is 6. The van der Waals surface area contributed by atoms with Crippen molar-refractivity contribution in [3.05, 3.63) is 40.9 Å². The van der Waals surface area contributed by atoms with E-state index in [4.69, 9.17) is 23.0 Å².